The zero-order chi connectivity index (χ0) is 20.4. The first-order chi connectivity index (χ1) is 13.9. The lowest BCUT2D eigenvalue weighted by Gasteiger charge is -2.13. The highest BCUT2D eigenvalue weighted by atomic mass is 19.4. The smallest absolute Gasteiger partial charge is 0.405 e. The summed E-state index contributed by atoms with van der Waals surface area (Å²) in [4.78, 5) is 24.3. The molecular formula is C18H11F3N6O2. The van der Waals surface area contributed by atoms with E-state index < -0.39 is 18.0 Å². The molecule has 1 aromatic carbocycles. The van der Waals surface area contributed by atoms with Crippen molar-refractivity contribution in [3.8, 4) is 17.0 Å². The van der Waals surface area contributed by atoms with Gasteiger partial charge >= 0.3 is 6.36 Å². The van der Waals surface area contributed by atoms with Crippen molar-refractivity contribution in [1.82, 2.24) is 24.6 Å². The molecule has 3 heterocycles. The molecule has 1 N–H and O–H groups in total. The molecule has 1 amide bonds. The number of rotatable bonds is 4. The number of aromatic nitrogens is 5. The zero-order valence-electron chi connectivity index (χ0n) is 14.5. The summed E-state index contributed by atoms with van der Waals surface area (Å²) in [6.45, 7) is 0. The Bertz CT molecular complexity index is 1180. The number of benzene rings is 1. The maximum Gasteiger partial charge on any atom is 0.573 e. The van der Waals surface area contributed by atoms with Crippen molar-refractivity contribution in [2.45, 2.75) is 6.36 Å². The Morgan fingerprint density at radius 1 is 1.07 bits per heavy atom. The number of para-hydroxylation sites is 1. The van der Waals surface area contributed by atoms with E-state index in [4.69, 9.17) is 0 Å². The topological polar surface area (TPSA) is 94.3 Å². The Morgan fingerprint density at radius 2 is 1.90 bits per heavy atom. The number of hydrogen-bond donors (Lipinski definition) is 1. The number of nitrogens with zero attached hydrogens (tertiary/aromatic N) is 5. The van der Waals surface area contributed by atoms with Gasteiger partial charge in [-0.3, -0.25) is 4.79 Å². The van der Waals surface area contributed by atoms with Crippen LogP contribution >= 0.6 is 0 Å². The van der Waals surface area contributed by atoms with Crippen LogP contribution in [0.15, 0.2) is 61.2 Å². The van der Waals surface area contributed by atoms with Crippen LogP contribution < -0.4 is 10.1 Å². The summed E-state index contributed by atoms with van der Waals surface area (Å²) in [5.41, 5.74) is 0.708. The molecule has 11 heteroatoms. The molecule has 0 aliphatic rings. The van der Waals surface area contributed by atoms with Crippen LogP contribution in [0.1, 0.15) is 10.5 Å². The quantitative estimate of drug-likeness (QED) is 0.565. The van der Waals surface area contributed by atoms with Gasteiger partial charge in [-0.15, -0.1) is 13.2 Å². The van der Waals surface area contributed by atoms with E-state index in [0.29, 0.717) is 5.65 Å². The molecule has 0 radical (unpaired) electrons. The maximum atomic E-state index is 12.7. The van der Waals surface area contributed by atoms with Crippen molar-refractivity contribution in [2.75, 3.05) is 5.32 Å². The average Bonchev–Trinajstić information content (AvgIpc) is 3.11. The Balaban J connectivity index is 1.72. The summed E-state index contributed by atoms with van der Waals surface area (Å²) >= 11 is 0. The van der Waals surface area contributed by atoms with Gasteiger partial charge in [0.2, 0.25) is 0 Å². The summed E-state index contributed by atoms with van der Waals surface area (Å²) in [6, 6.07) is 10.1. The number of ether oxygens (including phenoxy) is 1. The van der Waals surface area contributed by atoms with Crippen LogP contribution in [0, 0.1) is 0 Å². The van der Waals surface area contributed by atoms with Crippen molar-refractivity contribution >= 4 is 17.4 Å². The largest absolute Gasteiger partial charge is 0.573 e. The van der Waals surface area contributed by atoms with Crippen molar-refractivity contribution in [3.05, 3.63) is 66.9 Å². The van der Waals surface area contributed by atoms with E-state index in [-0.39, 0.29) is 22.8 Å². The number of carbonyl (C=O) groups excluding carboxylic acids is 1. The second-order valence-electron chi connectivity index (χ2n) is 5.72. The molecule has 29 heavy (non-hydrogen) atoms. The van der Waals surface area contributed by atoms with Gasteiger partial charge in [0.1, 0.15) is 17.9 Å². The second kappa shape index (κ2) is 7.19. The number of anilines is 1. The lowest BCUT2D eigenvalue weighted by molar-refractivity contribution is -0.274. The number of alkyl halides is 3. The predicted octanol–water partition coefficient (Wildman–Crippen LogP) is 3.34. The molecule has 3 aromatic heterocycles. The maximum absolute atomic E-state index is 12.7. The van der Waals surface area contributed by atoms with E-state index in [1.807, 2.05) is 0 Å². The highest BCUT2D eigenvalue weighted by molar-refractivity contribution is 6.02. The van der Waals surface area contributed by atoms with Gasteiger partial charge in [-0.05, 0) is 30.3 Å². The third kappa shape index (κ3) is 3.98. The average molecular weight is 400 g/mol. The molecule has 0 aliphatic heterocycles. The molecule has 8 nitrogen and oxygen atoms in total. The van der Waals surface area contributed by atoms with Gasteiger partial charge in [0.25, 0.3) is 5.91 Å². The molecule has 0 fully saturated rings. The van der Waals surface area contributed by atoms with E-state index in [2.05, 4.69) is 30.1 Å². The molecule has 4 aromatic rings. The minimum Gasteiger partial charge on any atom is -0.405 e. The minimum absolute atomic E-state index is 0.0784. The van der Waals surface area contributed by atoms with E-state index >= 15 is 0 Å². The summed E-state index contributed by atoms with van der Waals surface area (Å²) in [6.07, 6.45) is -0.804. The minimum atomic E-state index is -4.85. The third-order valence-electron chi connectivity index (χ3n) is 3.81. The lowest BCUT2D eigenvalue weighted by Crippen LogP contribution is -2.18. The van der Waals surface area contributed by atoms with Gasteiger partial charge in [0.05, 0.1) is 11.9 Å². The molecule has 0 unspecified atom stereocenters. The van der Waals surface area contributed by atoms with Crippen molar-refractivity contribution in [2.24, 2.45) is 0 Å². The summed E-state index contributed by atoms with van der Waals surface area (Å²) in [7, 11) is 0. The SMILES string of the molecule is O=C(Nc1ccncn1)c1cnc2ccc(-c3ccccc3OC(F)(F)F)nn12. The monoisotopic (exact) mass is 400 g/mol. The highest BCUT2D eigenvalue weighted by Crippen LogP contribution is 2.32. The van der Waals surface area contributed by atoms with Crippen LogP contribution in [-0.2, 0) is 0 Å². The van der Waals surface area contributed by atoms with Crippen molar-refractivity contribution in [1.29, 1.82) is 0 Å². The van der Waals surface area contributed by atoms with Crippen LogP contribution in [0.3, 0.4) is 0 Å². The molecule has 0 atom stereocenters. The first-order valence-electron chi connectivity index (χ1n) is 8.18. The number of fused-ring (bicyclic) bond motifs is 1. The molecule has 0 saturated heterocycles. The highest BCUT2D eigenvalue weighted by Gasteiger charge is 2.32. The van der Waals surface area contributed by atoms with Gasteiger partial charge < -0.3 is 10.1 Å². The predicted molar refractivity (Wildman–Crippen MR) is 95.1 cm³/mol. The summed E-state index contributed by atoms with van der Waals surface area (Å²) in [5.74, 6) is -0.667. The molecule has 146 valence electrons. The van der Waals surface area contributed by atoms with E-state index in [1.165, 1.54) is 59.6 Å². The number of imidazole rings is 1. The van der Waals surface area contributed by atoms with Crippen LogP contribution in [0.2, 0.25) is 0 Å². The standard InChI is InChI=1S/C18H11F3N6O2/c19-18(20,21)29-14-4-2-1-3-11(14)12-5-6-16-23-9-13(27(16)26-12)17(28)25-15-7-8-22-10-24-15/h1-10H,(H,22,24,25,28). The Kier molecular flexibility index (Phi) is 4.55. The Hall–Kier alpha value is -4.02. The number of nitrogens with one attached hydrogen (secondary N) is 1. The molecule has 0 spiro atoms. The Morgan fingerprint density at radius 3 is 2.66 bits per heavy atom. The van der Waals surface area contributed by atoms with Gasteiger partial charge in [-0.1, -0.05) is 12.1 Å². The second-order valence-corrected chi connectivity index (χ2v) is 5.72. The summed E-state index contributed by atoms with van der Waals surface area (Å²) in [5, 5.41) is 6.85. The van der Waals surface area contributed by atoms with Gasteiger partial charge in [-0.25, -0.2) is 19.5 Å². The number of amides is 1. The molecule has 4 rings (SSSR count). The van der Waals surface area contributed by atoms with Crippen molar-refractivity contribution < 1.29 is 22.7 Å². The molecule has 0 aliphatic carbocycles. The number of carbonyl (C=O) groups is 1. The summed E-state index contributed by atoms with van der Waals surface area (Å²) < 4.78 is 43.4. The van der Waals surface area contributed by atoms with Gasteiger partial charge in [-0.2, -0.15) is 5.10 Å². The molecular weight excluding hydrogens is 389 g/mol. The van der Waals surface area contributed by atoms with Gasteiger partial charge in [0.15, 0.2) is 11.3 Å². The molecule has 0 saturated carbocycles. The fourth-order valence-corrected chi connectivity index (χ4v) is 2.61. The van der Waals surface area contributed by atoms with E-state index in [0.717, 1.165) is 0 Å². The fourth-order valence-electron chi connectivity index (χ4n) is 2.61. The first-order valence-corrected chi connectivity index (χ1v) is 8.18. The van der Waals surface area contributed by atoms with Gasteiger partial charge in [0, 0.05) is 11.8 Å². The van der Waals surface area contributed by atoms with Crippen LogP contribution in [-0.4, -0.2) is 36.8 Å². The van der Waals surface area contributed by atoms with Crippen molar-refractivity contribution in [3.63, 3.8) is 0 Å². The normalized spacial score (nSPS) is 11.4. The van der Waals surface area contributed by atoms with Crippen LogP contribution in [0.5, 0.6) is 5.75 Å². The number of halogens is 3. The van der Waals surface area contributed by atoms with E-state index in [9.17, 15) is 18.0 Å². The fraction of sp³-hybridized carbons (Fsp3) is 0.0556. The first kappa shape index (κ1) is 18.3. The molecule has 0 bridgehead atoms. The van der Waals surface area contributed by atoms with Crippen LogP contribution in [0.25, 0.3) is 16.9 Å². The third-order valence-corrected chi connectivity index (χ3v) is 3.81. The zero-order valence-corrected chi connectivity index (χ0v) is 14.5. The lowest BCUT2D eigenvalue weighted by atomic mass is 10.1. The number of hydrogen-bond acceptors (Lipinski definition) is 6. The Labute approximate surface area is 161 Å². The van der Waals surface area contributed by atoms with E-state index in [1.54, 1.807) is 6.07 Å². The van der Waals surface area contributed by atoms with Crippen LogP contribution in [0.4, 0.5) is 19.0 Å².